The topological polar surface area (TPSA) is 46.9 Å². The zero-order chi connectivity index (χ0) is 21.7. The van der Waals surface area contributed by atoms with Crippen LogP contribution in [0.3, 0.4) is 0 Å². The first-order chi connectivity index (χ1) is 15.6. The number of amides is 1. The Morgan fingerprint density at radius 3 is 2.19 bits per heavy atom. The highest BCUT2D eigenvalue weighted by Gasteiger charge is 2.53. The highest BCUT2D eigenvalue weighted by molar-refractivity contribution is 6.05. The first-order valence-corrected chi connectivity index (χ1v) is 12.2. The zero-order valence-electron chi connectivity index (χ0n) is 18.8. The molecule has 32 heavy (non-hydrogen) atoms. The fourth-order valence-corrected chi connectivity index (χ4v) is 7.07. The van der Waals surface area contributed by atoms with Crippen molar-refractivity contribution < 1.29 is 4.79 Å². The average molecular weight is 426 g/mol. The van der Waals surface area contributed by atoms with Crippen LogP contribution in [0.15, 0.2) is 60.8 Å². The highest BCUT2D eigenvalue weighted by atomic mass is 16.1. The SMILES string of the molecule is CCc1ccc(NC(=O)c2cn(-c3ccccc3)nc2C23CC4CC(CC(C4)C2)C3)cc1. The van der Waals surface area contributed by atoms with E-state index in [1.165, 1.54) is 44.1 Å². The Bertz CT molecular complexity index is 1090. The Morgan fingerprint density at radius 2 is 1.59 bits per heavy atom. The number of nitrogens with one attached hydrogen (secondary N) is 1. The molecule has 7 rings (SSSR count). The number of para-hydroxylation sites is 1. The van der Waals surface area contributed by atoms with Crippen molar-refractivity contribution in [3.8, 4) is 5.69 Å². The molecule has 0 saturated heterocycles. The summed E-state index contributed by atoms with van der Waals surface area (Å²) in [4.78, 5) is 13.6. The van der Waals surface area contributed by atoms with Crippen LogP contribution >= 0.6 is 0 Å². The molecule has 0 atom stereocenters. The van der Waals surface area contributed by atoms with Crippen molar-refractivity contribution >= 4 is 11.6 Å². The Hall–Kier alpha value is -2.88. The van der Waals surface area contributed by atoms with E-state index in [2.05, 4.69) is 36.5 Å². The minimum atomic E-state index is -0.0397. The molecule has 4 heteroatoms. The number of anilines is 1. The number of carbonyl (C=O) groups excluding carboxylic acids is 1. The lowest BCUT2D eigenvalue weighted by Gasteiger charge is -2.56. The molecule has 1 N–H and O–H groups in total. The maximum Gasteiger partial charge on any atom is 0.259 e. The molecule has 4 bridgehead atoms. The van der Waals surface area contributed by atoms with Gasteiger partial charge in [-0.25, -0.2) is 4.68 Å². The van der Waals surface area contributed by atoms with Crippen LogP contribution in [-0.2, 0) is 11.8 Å². The second-order valence-electron chi connectivity index (χ2n) is 10.4. The first-order valence-electron chi connectivity index (χ1n) is 12.2. The van der Waals surface area contributed by atoms with Crippen LogP contribution < -0.4 is 5.32 Å². The molecular weight excluding hydrogens is 394 g/mol. The molecular formula is C28H31N3O. The molecule has 0 aliphatic heterocycles. The second-order valence-corrected chi connectivity index (χ2v) is 10.4. The standard InChI is InChI=1S/C28H31N3O/c1-2-19-8-10-23(11-9-19)29-27(32)25-18-31(24-6-4-3-5-7-24)30-26(25)28-15-20-12-21(16-28)14-22(13-20)17-28/h3-11,18,20-22H,2,12-17H2,1H3,(H,29,32). The van der Waals surface area contributed by atoms with E-state index < -0.39 is 0 Å². The minimum absolute atomic E-state index is 0.0397. The number of nitrogens with zero attached hydrogens (tertiary/aromatic N) is 2. The lowest BCUT2D eigenvalue weighted by molar-refractivity contribution is -0.00765. The molecule has 0 unspecified atom stereocenters. The summed E-state index contributed by atoms with van der Waals surface area (Å²) in [7, 11) is 0. The van der Waals surface area contributed by atoms with Crippen molar-refractivity contribution in [1.82, 2.24) is 9.78 Å². The van der Waals surface area contributed by atoms with Crippen LogP contribution in [0.25, 0.3) is 5.69 Å². The first kappa shape index (κ1) is 19.8. The van der Waals surface area contributed by atoms with E-state index in [9.17, 15) is 4.79 Å². The largest absolute Gasteiger partial charge is 0.322 e. The second kappa shape index (κ2) is 7.61. The molecule has 0 spiro atoms. The van der Waals surface area contributed by atoms with Gasteiger partial charge in [0.05, 0.1) is 16.9 Å². The third kappa shape index (κ3) is 3.37. The molecule has 0 radical (unpaired) electrons. The van der Waals surface area contributed by atoms with E-state index in [1.807, 2.05) is 41.2 Å². The Labute approximate surface area is 190 Å². The fraction of sp³-hybridized carbons (Fsp3) is 0.429. The van der Waals surface area contributed by atoms with E-state index in [1.54, 1.807) is 0 Å². The molecule has 4 fully saturated rings. The van der Waals surface area contributed by atoms with Gasteiger partial charge >= 0.3 is 0 Å². The number of carbonyl (C=O) groups is 1. The van der Waals surface area contributed by atoms with Gasteiger partial charge in [-0.05, 0) is 92.5 Å². The lowest BCUT2D eigenvalue weighted by Crippen LogP contribution is -2.49. The maximum absolute atomic E-state index is 13.6. The van der Waals surface area contributed by atoms with Crippen molar-refractivity contribution in [2.75, 3.05) is 5.32 Å². The van der Waals surface area contributed by atoms with Gasteiger partial charge in [0.2, 0.25) is 0 Å². The molecule has 1 heterocycles. The van der Waals surface area contributed by atoms with E-state index >= 15 is 0 Å². The van der Waals surface area contributed by atoms with Gasteiger partial charge in [-0.2, -0.15) is 5.10 Å². The smallest absolute Gasteiger partial charge is 0.259 e. The summed E-state index contributed by atoms with van der Waals surface area (Å²) in [6.07, 6.45) is 10.7. The van der Waals surface area contributed by atoms with Gasteiger partial charge in [0.25, 0.3) is 5.91 Å². The number of rotatable bonds is 5. The molecule has 4 nitrogen and oxygen atoms in total. The van der Waals surface area contributed by atoms with Crippen LogP contribution in [0.5, 0.6) is 0 Å². The van der Waals surface area contributed by atoms with Crippen molar-refractivity contribution in [1.29, 1.82) is 0 Å². The summed E-state index contributed by atoms with van der Waals surface area (Å²) < 4.78 is 1.92. The predicted molar refractivity (Wildman–Crippen MR) is 127 cm³/mol. The van der Waals surface area contributed by atoms with Crippen molar-refractivity contribution in [3.05, 3.63) is 77.6 Å². The highest BCUT2D eigenvalue weighted by Crippen LogP contribution is 2.60. The normalized spacial score (nSPS) is 28.1. The summed E-state index contributed by atoms with van der Waals surface area (Å²) in [6.45, 7) is 2.14. The summed E-state index contributed by atoms with van der Waals surface area (Å²) in [6, 6.07) is 18.4. The predicted octanol–water partition coefficient (Wildman–Crippen LogP) is 6.15. The number of hydrogen-bond acceptors (Lipinski definition) is 2. The third-order valence-corrected chi connectivity index (χ3v) is 8.14. The molecule has 4 aliphatic rings. The van der Waals surface area contributed by atoms with Crippen LogP contribution in [0.2, 0.25) is 0 Å². The van der Waals surface area contributed by atoms with Crippen LogP contribution in [0, 0.1) is 17.8 Å². The maximum atomic E-state index is 13.6. The summed E-state index contributed by atoms with van der Waals surface area (Å²) in [5.41, 5.74) is 4.96. The summed E-state index contributed by atoms with van der Waals surface area (Å²) >= 11 is 0. The molecule has 164 valence electrons. The van der Waals surface area contributed by atoms with E-state index in [4.69, 9.17) is 5.10 Å². The Kier molecular flexibility index (Phi) is 4.71. The lowest BCUT2D eigenvalue weighted by atomic mass is 9.48. The molecule has 2 aromatic carbocycles. The van der Waals surface area contributed by atoms with E-state index in [0.717, 1.165) is 46.8 Å². The van der Waals surface area contributed by atoms with Crippen molar-refractivity contribution in [3.63, 3.8) is 0 Å². The summed E-state index contributed by atoms with van der Waals surface area (Å²) in [5.74, 6) is 2.38. The van der Waals surface area contributed by atoms with Gasteiger partial charge in [-0.15, -0.1) is 0 Å². The molecule has 1 aromatic heterocycles. The number of aromatic nitrogens is 2. The number of aryl methyl sites for hydroxylation is 1. The van der Waals surface area contributed by atoms with E-state index in [0.29, 0.717) is 0 Å². The molecule has 4 saturated carbocycles. The van der Waals surface area contributed by atoms with Crippen LogP contribution in [-0.4, -0.2) is 15.7 Å². The number of benzene rings is 2. The monoisotopic (exact) mass is 425 g/mol. The van der Waals surface area contributed by atoms with Gasteiger partial charge in [0, 0.05) is 17.3 Å². The third-order valence-electron chi connectivity index (χ3n) is 8.14. The van der Waals surface area contributed by atoms with Gasteiger partial charge in [-0.3, -0.25) is 4.79 Å². The Morgan fingerprint density at radius 1 is 0.969 bits per heavy atom. The van der Waals surface area contributed by atoms with Crippen LogP contribution in [0.1, 0.15) is 67.1 Å². The number of hydrogen-bond donors (Lipinski definition) is 1. The minimum Gasteiger partial charge on any atom is -0.322 e. The molecule has 1 amide bonds. The van der Waals surface area contributed by atoms with Gasteiger partial charge in [-0.1, -0.05) is 37.3 Å². The van der Waals surface area contributed by atoms with Gasteiger partial charge in [0.15, 0.2) is 0 Å². The van der Waals surface area contributed by atoms with Crippen molar-refractivity contribution in [2.45, 2.75) is 57.3 Å². The Balaban J connectivity index is 1.39. The molecule has 4 aliphatic carbocycles. The van der Waals surface area contributed by atoms with E-state index in [-0.39, 0.29) is 11.3 Å². The molecule has 3 aromatic rings. The summed E-state index contributed by atoms with van der Waals surface area (Å²) in [5, 5.41) is 8.27. The van der Waals surface area contributed by atoms with Crippen LogP contribution in [0.4, 0.5) is 5.69 Å². The zero-order valence-corrected chi connectivity index (χ0v) is 18.8. The fourth-order valence-electron chi connectivity index (χ4n) is 7.07. The van der Waals surface area contributed by atoms with Gasteiger partial charge < -0.3 is 5.32 Å². The average Bonchev–Trinajstić information content (AvgIpc) is 3.26. The quantitative estimate of drug-likeness (QED) is 0.532. The van der Waals surface area contributed by atoms with Crippen molar-refractivity contribution in [2.24, 2.45) is 17.8 Å². The van der Waals surface area contributed by atoms with Gasteiger partial charge in [0.1, 0.15) is 0 Å².